The van der Waals surface area contributed by atoms with Gasteiger partial charge in [-0.25, -0.2) is 4.98 Å². The molecular formula is C29H26ClF6N7O4. The normalized spacial score (nSPS) is 15.7. The van der Waals surface area contributed by atoms with Crippen LogP contribution < -0.4 is 16.0 Å². The van der Waals surface area contributed by atoms with Crippen LogP contribution in [0.3, 0.4) is 0 Å². The van der Waals surface area contributed by atoms with Crippen LogP contribution in [-0.4, -0.2) is 68.7 Å². The molecule has 2 aromatic heterocycles. The maximum Gasteiger partial charge on any atom is 0.458 e. The fourth-order valence-electron chi connectivity index (χ4n) is 4.76. The average Bonchev–Trinajstić information content (AvgIpc) is 3.46. The van der Waals surface area contributed by atoms with Crippen LogP contribution in [0, 0.1) is 5.92 Å². The van der Waals surface area contributed by atoms with Crippen LogP contribution in [0.15, 0.2) is 42.9 Å². The number of hydrogen-bond acceptors (Lipinski definition) is 9. The van der Waals surface area contributed by atoms with Gasteiger partial charge in [0.05, 0.1) is 18.1 Å². The number of carbonyl (C=O) groups excluding carboxylic acids is 4. The van der Waals surface area contributed by atoms with Crippen LogP contribution in [-0.2, 0) is 32.0 Å². The topological polar surface area (TPSA) is 146 Å². The maximum atomic E-state index is 12.9. The van der Waals surface area contributed by atoms with E-state index in [1.54, 1.807) is 24.2 Å². The van der Waals surface area contributed by atoms with Gasteiger partial charge < -0.3 is 20.9 Å². The maximum absolute atomic E-state index is 12.9. The van der Waals surface area contributed by atoms with Gasteiger partial charge in [-0.2, -0.15) is 31.3 Å². The molecule has 3 aromatic rings. The Labute approximate surface area is 268 Å². The van der Waals surface area contributed by atoms with Crippen molar-refractivity contribution in [2.75, 3.05) is 29.0 Å². The lowest BCUT2D eigenvalue weighted by Crippen LogP contribution is -2.39. The highest BCUT2D eigenvalue weighted by Crippen LogP contribution is 2.30. The lowest BCUT2D eigenvalue weighted by atomic mass is 10.0. The average molecular weight is 686 g/mol. The summed E-state index contributed by atoms with van der Waals surface area (Å²) < 4.78 is 67.0. The van der Waals surface area contributed by atoms with Gasteiger partial charge in [0.25, 0.3) is 0 Å². The van der Waals surface area contributed by atoms with Crippen molar-refractivity contribution in [2.45, 2.75) is 45.0 Å². The third-order valence-corrected chi connectivity index (χ3v) is 7.32. The van der Waals surface area contributed by atoms with E-state index >= 15 is 0 Å². The Bertz CT molecular complexity index is 1660. The number of aromatic nitrogens is 3. The molecule has 2 aliphatic heterocycles. The molecular weight excluding hydrogens is 660 g/mol. The molecule has 6 bridgehead atoms. The van der Waals surface area contributed by atoms with E-state index < -0.39 is 23.9 Å². The molecule has 2 aliphatic rings. The van der Waals surface area contributed by atoms with E-state index in [-0.39, 0.29) is 17.7 Å². The largest absolute Gasteiger partial charge is 0.458 e. The smallest absolute Gasteiger partial charge is 0.343 e. The van der Waals surface area contributed by atoms with E-state index in [9.17, 15) is 45.5 Å². The number of rotatable bonds is 4. The second-order valence-corrected chi connectivity index (χ2v) is 11.0. The van der Waals surface area contributed by atoms with Crippen molar-refractivity contribution >= 4 is 63.8 Å². The van der Waals surface area contributed by atoms with Crippen molar-refractivity contribution in [1.82, 2.24) is 19.9 Å². The summed E-state index contributed by atoms with van der Waals surface area (Å²) in [6.45, 7) is 2.92. The van der Waals surface area contributed by atoms with Gasteiger partial charge in [0.2, 0.25) is 17.8 Å². The van der Waals surface area contributed by atoms with Crippen LogP contribution in [0.4, 0.5) is 55.2 Å². The summed E-state index contributed by atoms with van der Waals surface area (Å²) >= 11 is 6.33. The number of halogens is 7. The zero-order valence-corrected chi connectivity index (χ0v) is 25.2. The summed E-state index contributed by atoms with van der Waals surface area (Å²) in [7, 11) is 0. The van der Waals surface area contributed by atoms with Gasteiger partial charge in [0, 0.05) is 44.0 Å². The number of hydrogen-bond donors (Lipinski definition) is 3. The van der Waals surface area contributed by atoms with Gasteiger partial charge in [0.1, 0.15) is 5.02 Å². The quantitative estimate of drug-likeness (QED) is 0.237. The molecule has 47 heavy (non-hydrogen) atoms. The number of anilines is 5. The number of nitrogens with one attached hydrogen (secondary N) is 3. The second-order valence-electron chi connectivity index (χ2n) is 10.6. The first-order valence-corrected chi connectivity index (χ1v) is 14.3. The van der Waals surface area contributed by atoms with Crippen molar-refractivity contribution in [3.05, 3.63) is 59.0 Å². The molecule has 11 nitrogen and oxygen atoms in total. The number of benzene rings is 1. The number of alkyl halides is 6. The molecule has 1 unspecified atom stereocenters. The van der Waals surface area contributed by atoms with E-state index in [0.717, 1.165) is 41.0 Å². The number of aryl methyl sites for hydroxylation is 2. The fourth-order valence-corrected chi connectivity index (χ4v) is 4.90. The molecule has 1 atom stereocenters. The molecule has 250 valence electrons. The van der Waals surface area contributed by atoms with Crippen LogP contribution in [0.5, 0.6) is 0 Å². The number of pyridine rings is 1. The van der Waals surface area contributed by atoms with Crippen LogP contribution in [0.1, 0.15) is 30.9 Å². The van der Waals surface area contributed by atoms with Gasteiger partial charge in [-0.05, 0) is 60.6 Å². The Morgan fingerprint density at radius 2 is 1.66 bits per heavy atom. The van der Waals surface area contributed by atoms with Crippen molar-refractivity contribution < 1.29 is 45.5 Å². The molecule has 1 fully saturated rings. The molecule has 0 saturated carbocycles. The number of nitrogens with zero attached hydrogens (tertiary/aromatic N) is 4. The van der Waals surface area contributed by atoms with Crippen LogP contribution >= 0.6 is 11.6 Å². The number of Topliss-reactive ketones (excluding diaryl/α,β-unsaturated/α-hetero) is 2. The first kappa shape index (κ1) is 35.1. The van der Waals surface area contributed by atoms with Crippen molar-refractivity contribution in [1.29, 1.82) is 0 Å². The summed E-state index contributed by atoms with van der Waals surface area (Å²) in [6, 6.07) is 7.80. The van der Waals surface area contributed by atoms with Crippen LogP contribution in [0.2, 0.25) is 5.02 Å². The van der Waals surface area contributed by atoms with E-state index in [4.69, 9.17) is 11.6 Å². The third kappa shape index (κ3) is 9.60. The van der Waals surface area contributed by atoms with Gasteiger partial charge >= 0.3 is 23.9 Å². The van der Waals surface area contributed by atoms with E-state index in [0.29, 0.717) is 42.7 Å². The standard InChI is InChI=1S/C25H26ClN7O2.C4F6O2/c1-15(34)33-7-6-17(14-33)9-23(35)31-22-5-4-19-10-18(22)3-2-16-8-20(12-27-11-16)30-25-28-13-21(26)24(29-19)32-25;5-3(6,7)1(11)2(12)4(8,9)10/h4-5,8,10-13,17H,2-3,6-7,9,14H2,1H3,(H,31,35)(H2,28,29,30,32);. The van der Waals surface area contributed by atoms with E-state index in [2.05, 4.69) is 30.9 Å². The zero-order chi connectivity index (χ0) is 34.5. The number of amides is 2. The van der Waals surface area contributed by atoms with E-state index in [1.165, 1.54) is 0 Å². The third-order valence-electron chi connectivity index (χ3n) is 7.05. The first-order chi connectivity index (χ1) is 22.0. The van der Waals surface area contributed by atoms with Crippen molar-refractivity contribution in [3.63, 3.8) is 0 Å². The summed E-state index contributed by atoms with van der Waals surface area (Å²) in [5.74, 6) is -5.73. The predicted octanol–water partition coefficient (Wildman–Crippen LogP) is 5.56. The van der Waals surface area contributed by atoms with Gasteiger partial charge in [-0.15, -0.1) is 0 Å². The molecule has 1 saturated heterocycles. The molecule has 3 N–H and O–H groups in total. The molecule has 4 heterocycles. The van der Waals surface area contributed by atoms with Crippen LogP contribution in [0.25, 0.3) is 0 Å². The Morgan fingerprint density at radius 3 is 2.30 bits per heavy atom. The molecule has 5 rings (SSSR count). The van der Waals surface area contributed by atoms with Gasteiger partial charge in [-0.1, -0.05) is 11.6 Å². The van der Waals surface area contributed by atoms with Crippen molar-refractivity contribution in [2.24, 2.45) is 5.92 Å². The number of fused-ring (bicyclic) bond motifs is 6. The summed E-state index contributed by atoms with van der Waals surface area (Å²) in [6.07, 6.45) is -3.77. The van der Waals surface area contributed by atoms with Crippen molar-refractivity contribution in [3.8, 4) is 0 Å². The molecule has 0 spiro atoms. The predicted molar refractivity (Wildman–Crippen MR) is 157 cm³/mol. The highest BCUT2D eigenvalue weighted by Gasteiger charge is 2.54. The van der Waals surface area contributed by atoms with Gasteiger partial charge in [0.15, 0.2) is 5.82 Å². The fraction of sp³-hybridized carbons (Fsp3) is 0.345. The summed E-state index contributed by atoms with van der Waals surface area (Å²) in [5.41, 5.74) is 4.40. The lowest BCUT2D eigenvalue weighted by molar-refractivity contribution is -0.193. The van der Waals surface area contributed by atoms with E-state index in [1.807, 2.05) is 30.5 Å². The lowest BCUT2D eigenvalue weighted by Gasteiger charge is -2.16. The first-order valence-electron chi connectivity index (χ1n) is 13.9. The summed E-state index contributed by atoms with van der Waals surface area (Å²) in [4.78, 5) is 58.6. The molecule has 2 amide bonds. The minimum absolute atomic E-state index is 0.0448. The number of ketones is 2. The summed E-state index contributed by atoms with van der Waals surface area (Å²) in [5, 5.41) is 9.93. The number of carbonyl (C=O) groups is 4. The Hall–Kier alpha value is -4.80. The zero-order valence-electron chi connectivity index (χ0n) is 24.4. The Morgan fingerprint density at radius 1 is 0.957 bits per heavy atom. The monoisotopic (exact) mass is 685 g/mol. The molecule has 1 aromatic carbocycles. The minimum Gasteiger partial charge on any atom is -0.343 e. The van der Waals surface area contributed by atoms with Gasteiger partial charge in [-0.3, -0.25) is 24.2 Å². The highest BCUT2D eigenvalue weighted by atomic mass is 35.5. The molecule has 0 radical (unpaired) electrons. The molecule has 0 aliphatic carbocycles. The SMILES string of the molecule is CC(=O)N1CCC(CC(=O)Nc2ccc3cc2CCc2cncc(c2)Nc2ncc(Cl)c(n2)N3)C1.O=C(C(=O)C(F)(F)F)C(F)(F)F. The second kappa shape index (κ2) is 14.3. The molecule has 18 heteroatoms. The Balaban J connectivity index is 0.000000356. The Kier molecular flexibility index (Phi) is 10.7. The highest BCUT2D eigenvalue weighted by molar-refractivity contribution is 6.41. The minimum atomic E-state index is -5.77. The number of likely N-dealkylation sites (tertiary alicyclic amines) is 1.